The van der Waals surface area contributed by atoms with E-state index < -0.39 is 19.9 Å². The van der Waals surface area contributed by atoms with E-state index in [-0.39, 0.29) is 22.3 Å². The Hall–Kier alpha value is -3.01. The van der Waals surface area contributed by atoms with Crippen molar-refractivity contribution < 1.29 is 21.6 Å². The highest BCUT2D eigenvalue weighted by Gasteiger charge is 2.20. The molecule has 0 aliphatic rings. The Balaban J connectivity index is 1.75. The second kappa shape index (κ2) is 9.64. The maximum atomic E-state index is 12.8. The van der Waals surface area contributed by atoms with Crippen LogP contribution in [0.25, 0.3) is 0 Å². The average Bonchev–Trinajstić information content (AvgIpc) is 2.74. The largest absolute Gasteiger partial charge is 0.322 e. The van der Waals surface area contributed by atoms with Crippen molar-refractivity contribution in [1.82, 2.24) is 4.31 Å². The van der Waals surface area contributed by atoms with E-state index in [0.29, 0.717) is 22.4 Å². The van der Waals surface area contributed by atoms with Crippen molar-refractivity contribution in [2.24, 2.45) is 0 Å². The van der Waals surface area contributed by atoms with Gasteiger partial charge in [0.15, 0.2) is 9.84 Å². The van der Waals surface area contributed by atoms with Gasteiger partial charge < -0.3 is 5.32 Å². The van der Waals surface area contributed by atoms with E-state index >= 15 is 0 Å². The molecule has 0 saturated heterocycles. The van der Waals surface area contributed by atoms with Gasteiger partial charge in [-0.25, -0.2) is 21.1 Å². The molecule has 9 heteroatoms. The first-order valence-electron chi connectivity index (χ1n) is 9.74. The van der Waals surface area contributed by atoms with Crippen molar-refractivity contribution in [2.75, 3.05) is 19.4 Å². The zero-order valence-corrected chi connectivity index (χ0v) is 19.4. The van der Waals surface area contributed by atoms with Gasteiger partial charge in [-0.2, -0.15) is 0 Å². The predicted octanol–water partition coefficient (Wildman–Crippen LogP) is 3.30. The standard InChI is InChI=1S/C23H24N2O5S2/c1-25(2)32(29,30)22-13-7-9-19(15-22)17-31(27,28)16-18-8-6-10-20(14-18)23(26)24-21-11-4-3-5-12-21/h3-15H,16-17H2,1-2H3,(H,24,26). The molecular formula is C23H24N2O5S2. The lowest BCUT2D eigenvalue weighted by molar-refractivity contribution is 0.102. The number of para-hydroxylation sites is 1. The fraction of sp³-hybridized carbons (Fsp3) is 0.174. The molecule has 168 valence electrons. The van der Waals surface area contributed by atoms with E-state index in [0.717, 1.165) is 4.31 Å². The number of hydrogen-bond donors (Lipinski definition) is 1. The number of nitrogens with zero attached hydrogens (tertiary/aromatic N) is 1. The average molecular weight is 473 g/mol. The third kappa shape index (κ3) is 6.03. The molecule has 1 N–H and O–H groups in total. The SMILES string of the molecule is CN(C)S(=O)(=O)c1cccc(CS(=O)(=O)Cc2cccc(C(=O)Nc3ccccc3)c2)c1. The maximum Gasteiger partial charge on any atom is 0.255 e. The van der Waals surface area contributed by atoms with Crippen molar-refractivity contribution in [2.45, 2.75) is 16.4 Å². The first kappa shape index (κ1) is 23.6. The zero-order valence-electron chi connectivity index (χ0n) is 17.7. The molecule has 3 rings (SSSR count). The van der Waals surface area contributed by atoms with Gasteiger partial charge in [0.05, 0.1) is 16.4 Å². The molecule has 0 aliphatic carbocycles. The number of rotatable bonds is 8. The highest BCUT2D eigenvalue weighted by atomic mass is 32.2. The molecule has 0 aliphatic heterocycles. The van der Waals surface area contributed by atoms with E-state index in [2.05, 4.69) is 5.32 Å². The van der Waals surface area contributed by atoms with Crippen molar-refractivity contribution >= 4 is 31.5 Å². The van der Waals surface area contributed by atoms with Crippen LogP contribution >= 0.6 is 0 Å². The fourth-order valence-corrected chi connectivity index (χ4v) is 5.54. The van der Waals surface area contributed by atoms with Crippen molar-refractivity contribution in [1.29, 1.82) is 0 Å². The number of nitrogens with one attached hydrogen (secondary N) is 1. The van der Waals surface area contributed by atoms with Gasteiger partial charge in [-0.15, -0.1) is 0 Å². The lowest BCUT2D eigenvalue weighted by atomic mass is 10.1. The molecule has 32 heavy (non-hydrogen) atoms. The molecule has 0 bridgehead atoms. The minimum Gasteiger partial charge on any atom is -0.322 e. The Kier molecular flexibility index (Phi) is 7.12. The number of amides is 1. The van der Waals surface area contributed by atoms with Gasteiger partial charge in [-0.1, -0.05) is 42.5 Å². The quantitative estimate of drug-likeness (QED) is 0.542. The van der Waals surface area contributed by atoms with Gasteiger partial charge >= 0.3 is 0 Å². The Labute approximate surface area is 188 Å². The van der Waals surface area contributed by atoms with Crippen LogP contribution in [0, 0.1) is 0 Å². The smallest absolute Gasteiger partial charge is 0.255 e. The summed E-state index contributed by atoms with van der Waals surface area (Å²) in [6.45, 7) is 0. The minimum absolute atomic E-state index is 0.0368. The molecule has 0 atom stereocenters. The molecule has 0 aromatic heterocycles. The van der Waals surface area contributed by atoms with Crippen LogP contribution in [-0.2, 0) is 31.4 Å². The first-order chi connectivity index (χ1) is 15.1. The minimum atomic E-state index is -3.66. The van der Waals surface area contributed by atoms with Crippen molar-refractivity contribution in [3.63, 3.8) is 0 Å². The van der Waals surface area contributed by atoms with Crippen LogP contribution in [0.1, 0.15) is 21.5 Å². The van der Waals surface area contributed by atoms with Gasteiger partial charge in [0, 0.05) is 25.3 Å². The number of anilines is 1. The van der Waals surface area contributed by atoms with Gasteiger partial charge in [-0.05, 0) is 47.5 Å². The summed E-state index contributed by atoms with van der Waals surface area (Å²) >= 11 is 0. The van der Waals surface area contributed by atoms with Gasteiger partial charge in [0.2, 0.25) is 10.0 Å². The molecule has 0 unspecified atom stereocenters. The highest BCUT2D eigenvalue weighted by molar-refractivity contribution is 7.90. The zero-order chi connectivity index (χ0) is 23.4. The summed E-state index contributed by atoms with van der Waals surface area (Å²) in [5, 5.41) is 2.77. The maximum absolute atomic E-state index is 12.8. The van der Waals surface area contributed by atoms with Crippen molar-refractivity contribution in [3.8, 4) is 0 Å². The summed E-state index contributed by atoms with van der Waals surface area (Å²) in [4.78, 5) is 12.5. The second-order valence-corrected chi connectivity index (χ2v) is 11.7. The third-order valence-corrected chi connectivity index (χ3v) is 8.03. The summed E-state index contributed by atoms with van der Waals surface area (Å²) in [6.07, 6.45) is 0. The lowest BCUT2D eigenvalue weighted by Gasteiger charge is -2.12. The van der Waals surface area contributed by atoms with Crippen LogP contribution in [0.4, 0.5) is 5.69 Å². The topological polar surface area (TPSA) is 101 Å². The number of hydrogen-bond acceptors (Lipinski definition) is 5. The Bertz CT molecular complexity index is 1320. The Morgan fingerprint density at radius 2 is 1.38 bits per heavy atom. The third-order valence-electron chi connectivity index (χ3n) is 4.67. The van der Waals surface area contributed by atoms with Crippen LogP contribution in [0.2, 0.25) is 0 Å². The van der Waals surface area contributed by atoms with Crippen LogP contribution in [0.5, 0.6) is 0 Å². The van der Waals surface area contributed by atoms with E-state index in [1.54, 1.807) is 54.6 Å². The number of benzene rings is 3. The van der Waals surface area contributed by atoms with Gasteiger partial charge in [0.1, 0.15) is 0 Å². The molecule has 0 saturated carbocycles. The fourth-order valence-electron chi connectivity index (χ4n) is 3.09. The van der Waals surface area contributed by atoms with Crippen molar-refractivity contribution in [3.05, 3.63) is 95.6 Å². The molecule has 0 heterocycles. The predicted molar refractivity (Wildman–Crippen MR) is 124 cm³/mol. The molecule has 0 spiro atoms. The summed E-state index contributed by atoms with van der Waals surface area (Å²) in [7, 11) is -4.44. The normalized spacial score (nSPS) is 12.0. The highest BCUT2D eigenvalue weighted by Crippen LogP contribution is 2.19. The summed E-state index contributed by atoms with van der Waals surface area (Å²) in [5.41, 5.74) is 1.84. The first-order valence-corrected chi connectivity index (χ1v) is 13.0. The summed E-state index contributed by atoms with van der Waals surface area (Å²) in [5.74, 6) is -0.925. The van der Waals surface area contributed by atoms with Crippen LogP contribution in [-0.4, -0.2) is 41.1 Å². The molecule has 1 amide bonds. The summed E-state index contributed by atoms with van der Waals surface area (Å²) < 4.78 is 51.3. The molecule has 0 radical (unpaired) electrons. The Morgan fingerprint density at radius 1 is 0.781 bits per heavy atom. The lowest BCUT2D eigenvalue weighted by Crippen LogP contribution is -2.22. The van der Waals surface area contributed by atoms with E-state index in [9.17, 15) is 21.6 Å². The molecule has 3 aromatic rings. The number of sulfone groups is 1. The van der Waals surface area contributed by atoms with E-state index in [1.165, 1.54) is 32.3 Å². The molecule has 7 nitrogen and oxygen atoms in total. The summed E-state index contributed by atoms with van der Waals surface area (Å²) in [6, 6.07) is 21.3. The van der Waals surface area contributed by atoms with Crippen LogP contribution < -0.4 is 5.32 Å². The van der Waals surface area contributed by atoms with Gasteiger partial charge in [0.25, 0.3) is 5.91 Å². The second-order valence-electron chi connectivity index (χ2n) is 7.49. The Morgan fingerprint density at radius 3 is 2.00 bits per heavy atom. The van der Waals surface area contributed by atoms with Crippen LogP contribution in [0.3, 0.4) is 0 Å². The number of carbonyl (C=O) groups is 1. The van der Waals surface area contributed by atoms with Gasteiger partial charge in [-0.3, -0.25) is 4.79 Å². The number of sulfonamides is 1. The number of carbonyl (C=O) groups excluding carboxylic acids is 1. The van der Waals surface area contributed by atoms with E-state index in [4.69, 9.17) is 0 Å². The monoisotopic (exact) mass is 472 g/mol. The van der Waals surface area contributed by atoms with Crippen LogP contribution in [0.15, 0.2) is 83.8 Å². The van der Waals surface area contributed by atoms with E-state index in [1.807, 2.05) is 6.07 Å². The molecule has 3 aromatic carbocycles. The molecular weight excluding hydrogens is 448 g/mol. The molecule has 0 fully saturated rings.